The Balaban J connectivity index is 1.74. The average molecular weight is 308 g/mol. The Labute approximate surface area is 127 Å². The molecule has 0 aliphatic heterocycles. The molecule has 1 aliphatic rings. The zero-order valence-corrected chi connectivity index (χ0v) is 12.5. The molecular weight excluding hydrogens is 293 g/mol. The molecule has 0 amide bonds. The summed E-state index contributed by atoms with van der Waals surface area (Å²) < 4.78 is 13.7. The average Bonchev–Trinajstić information content (AvgIpc) is 3.20. The summed E-state index contributed by atoms with van der Waals surface area (Å²) >= 11 is 7.50. The van der Waals surface area contributed by atoms with Crippen LogP contribution in [0.1, 0.15) is 18.4 Å². The predicted molar refractivity (Wildman–Crippen MR) is 81.8 cm³/mol. The van der Waals surface area contributed by atoms with Crippen LogP contribution in [0, 0.1) is 5.82 Å². The number of halogens is 2. The standard InChI is InChI=1S/C16H15ClFNS/c17-12-2-1-3-15(8-12)20-16-7-11(6-13(18)9-16)10-19-14-4-5-14/h1-3,6-9,14,19H,4-5,10H2. The topological polar surface area (TPSA) is 12.0 Å². The molecule has 0 atom stereocenters. The van der Waals surface area contributed by atoms with Gasteiger partial charge in [-0.3, -0.25) is 0 Å². The summed E-state index contributed by atoms with van der Waals surface area (Å²) in [5.41, 5.74) is 0.987. The van der Waals surface area contributed by atoms with E-state index in [1.807, 2.05) is 30.3 Å². The van der Waals surface area contributed by atoms with Gasteiger partial charge in [-0.15, -0.1) is 0 Å². The first-order valence-corrected chi connectivity index (χ1v) is 7.85. The lowest BCUT2D eigenvalue weighted by Gasteiger charge is -2.07. The Kier molecular flexibility index (Phi) is 4.29. The molecule has 3 rings (SSSR count). The molecule has 0 spiro atoms. The van der Waals surface area contributed by atoms with Crippen LogP contribution >= 0.6 is 23.4 Å². The van der Waals surface area contributed by atoms with E-state index in [-0.39, 0.29) is 5.82 Å². The molecule has 1 aliphatic carbocycles. The minimum absolute atomic E-state index is 0.190. The fraction of sp³-hybridized carbons (Fsp3) is 0.250. The third-order valence-corrected chi connectivity index (χ3v) is 4.33. The van der Waals surface area contributed by atoms with Gasteiger partial charge in [0.2, 0.25) is 0 Å². The third-order valence-electron chi connectivity index (χ3n) is 3.14. The van der Waals surface area contributed by atoms with Crippen molar-refractivity contribution in [3.8, 4) is 0 Å². The van der Waals surface area contributed by atoms with E-state index >= 15 is 0 Å². The SMILES string of the molecule is Fc1cc(CNC2CC2)cc(Sc2cccc(Cl)c2)c1. The van der Waals surface area contributed by atoms with Gasteiger partial charge in [-0.2, -0.15) is 0 Å². The van der Waals surface area contributed by atoms with Gasteiger partial charge in [0, 0.05) is 27.4 Å². The highest BCUT2D eigenvalue weighted by molar-refractivity contribution is 7.99. The van der Waals surface area contributed by atoms with Gasteiger partial charge in [-0.25, -0.2) is 4.39 Å². The van der Waals surface area contributed by atoms with E-state index in [0.717, 1.165) is 21.9 Å². The van der Waals surface area contributed by atoms with Gasteiger partial charge in [-0.1, -0.05) is 29.4 Å². The van der Waals surface area contributed by atoms with E-state index in [2.05, 4.69) is 5.32 Å². The lowest BCUT2D eigenvalue weighted by molar-refractivity contribution is 0.615. The minimum Gasteiger partial charge on any atom is -0.310 e. The van der Waals surface area contributed by atoms with E-state index in [1.54, 1.807) is 12.1 Å². The molecule has 1 nitrogen and oxygen atoms in total. The fourth-order valence-corrected chi connectivity index (χ4v) is 3.24. The van der Waals surface area contributed by atoms with E-state index in [0.29, 0.717) is 11.1 Å². The summed E-state index contributed by atoms with van der Waals surface area (Å²) in [5, 5.41) is 4.10. The van der Waals surface area contributed by atoms with Crippen LogP contribution in [-0.4, -0.2) is 6.04 Å². The lowest BCUT2D eigenvalue weighted by atomic mass is 10.2. The molecule has 1 saturated carbocycles. The van der Waals surface area contributed by atoms with Crippen molar-refractivity contribution < 1.29 is 4.39 Å². The van der Waals surface area contributed by atoms with Gasteiger partial charge >= 0.3 is 0 Å². The number of hydrogen-bond donors (Lipinski definition) is 1. The molecule has 104 valence electrons. The molecule has 1 N–H and O–H groups in total. The first kappa shape index (κ1) is 13.9. The Morgan fingerprint density at radius 1 is 1.15 bits per heavy atom. The molecule has 2 aromatic rings. The maximum Gasteiger partial charge on any atom is 0.124 e. The van der Waals surface area contributed by atoms with Gasteiger partial charge in [0.15, 0.2) is 0 Å². The second-order valence-electron chi connectivity index (χ2n) is 5.01. The monoisotopic (exact) mass is 307 g/mol. The lowest BCUT2D eigenvalue weighted by Crippen LogP contribution is -2.15. The summed E-state index contributed by atoms with van der Waals surface area (Å²) in [6.07, 6.45) is 2.47. The molecule has 0 saturated heterocycles. The quantitative estimate of drug-likeness (QED) is 0.844. The van der Waals surface area contributed by atoms with Gasteiger partial charge in [-0.05, 0) is 54.8 Å². The third kappa shape index (κ3) is 3.98. The largest absolute Gasteiger partial charge is 0.310 e. The van der Waals surface area contributed by atoms with Crippen LogP contribution in [0.15, 0.2) is 52.3 Å². The molecule has 0 unspecified atom stereocenters. The van der Waals surface area contributed by atoms with Gasteiger partial charge in [0.05, 0.1) is 0 Å². The number of nitrogens with one attached hydrogen (secondary N) is 1. The van der Waals surface area contributed by atoms with Crippen molar-refractivity contribution in [2.45, 2.75) is 35.2 Å². The maximum atomic E-state index is 13.7. The number of hydrogen-bond acceptors (Lipinski definition) is 2. The van der Waals surface area contributed by atoms with Crippen LogP contribution in [0.4, 0.5) is 4.39 Å². The zero-order valence-electron chi connectivity index (χ0n) is 10.9. The molecule has 2 aromatic carbocycles. The number of rotatable bonds is 5. The van der Waals surface area contributed by atoms with Crippen LogP contribution in [0.3, 0.4) is 0 Å². The first-order chi connectivity index (χ1) is 9.69. The fourth-order valence-electron chi connectivity index (χ4n) is 2.00. The summed E-state index contributed by atoms with van der Waals surface area (Å²) in [6, 6.07) is 13.4. The van der Waals surface area contributed by atoms with Crippen molar-refractivity contribution in [3.63, 3.8) is 0 Å². The van der Waals surface area contributed by atoms with Crippen LogP contribution < -0.4 is 5.32 Å². The molecule has 0 heterocycles. The second kappa shape index (κ2) is 6.17. The molecule has 0 radical (unpaired) electrons. The molecule has 1 fully saturated rings. The van der Waals surface area contributed by atoms with Gasteiger partial charge < -0.3 is 5.32 Å². The van der Waals surface area contributed by atoms with Gasteiger partial charge in [0.25, 0.3) is 0 Å². The zero-order chi connectivity index (χ0) is 13.9. The first-order valence-electron chi connectivity index (χ1n) is 6.65. The van der Waals surface area contributed by atoms with Crippen LogP contribution in [0.5, 0.6) is 0 Å². The van der Waals surface area contributed by atoms with E-state index in [1.165, 1.54) is 24.6 Å². The van der Waals surface area contributed by atoms with E-state index < -0.39 is 0 Å². The van der Waals surface area contributed by atoms with Crippen LogP contribution in [0.25, 0.3) is 0 Å². The van der Waals surface area contributed by atoms with Crippen molar-refractivity contribution in [3.05, 3.63) is 58.9 Å². The summed E-state index contributed by atoms with van der Waals surface area (Å²) in [6.45, 7) is 0.728. The van der Waals surface area contributed by atoms with Gasteiger partial charge in [0.1, 0.15) is 5.82 Å². The van der Waals surface area contributed by atoms with Crippen molar-refractivity contribution in [1.29, 1.82) is 0 Å². The predicted octanol–water partition coefficient (Wildman–Crippen LogP) is 4.88. The van der Waals surface area contributed by atoms with E-state index in [4.69, 9.17) is 11.6 Å². The Hall–Kier alpha value is -1.03. The summed E-state index contributed by atoms with van der Waals surface area (Å²) in [7, 11) is 0. The molecule has 0 bridgehead atoms. The van der Waals surface area contributed by atoms with E-state index in [9.17, 15) is 4.39 Å². The second-order valence-corrected chi connectivity index (χ2v) is 6.59. The normalized spacial score (nSPS) is 14.5. The van der Waals surface area contributed by atoms with Crippen molar-refractivity contribution in [1.82, 2.24) is 5.32 Å². The number of benzene rings is 2. The maximum absolute atomic E-state index is 13.7. The Morgan fingerprint density at radius 2 is 2.00 bits per heavy atom. The van der Waals surface area contributed by atoms with Crippen molar-refractivity contribution in [2.75, 3.05) is 0 Å². The highest BCUT2D eigenvalue weighted by Gasteiger charge is 2.20. The Bertz CT molecular complexity index is 613. The van der Waals surface area contributed by atoms with Crippen molar-refractivity contribution >= 4 is 23.4 Å². The van der Waals surface area contributed by atoms with Crippen molar-refractivity contribution in [2.24, 2.45) is 0 Å². The summed E-state index contributed by atoms with van der Waals surface area (Å²) in [5.74, 6) is -0.190. The minimum atomic E-state index is -0.190. The molecule has 4 heteroatoms. The summed E-state index contributed by atoms with van der Waals surface area (Å²) in [4.78, 5) is 1.92. The highest BCUT2D eigenvalue weighted by Crippen LogP contribution is 2.30. The molecular formula is C16H15ClFNS. The van der Waals surface area contributed by atoms with Crippen LogP contribution in [-0.2, 0) is 6.54 Å². The highest BCUT2D eigenvalue weighted by atomic mass is 35.5. The Morgan fingerprint density at radius 3 is 2.75 bits per heavy atom. The van der Waals surface area contributed by atoms with Crippen LogP contribution in [0.2, 0.25) is 5.02 Å². The smallest absolute Gasteiger partial charge is 0.124 e. The molecule has 0 aromatic heterocycles. The molecule has 20 heavy (non-hydrogen) atoms.